The molecule has 66 valence electrons. The van der Waals surface area contributed by atoms with Gasteiger partial charge in [0.2, 0.25) is 0 Å². The minimum absolute atomic E-state index is 0.185. The molecule has 0 aliphatic rings. The first-order valence-corrected chi connectivity index (χ1v) is 4.54. The van der Waals surface area contributed by atoms with Crippen molar-refractivity contribution in [2.24, 2.45) is 0 Å². The van der Waals surface area contributed by atoms with Crippen LogP contribution in [-0.2, 0) is 0 Å². The normalized spacial score (nSPS) is 10.5. The summed E-state index contributed by atoms with van der Waals surface area (Å²) >= 11 is 6.89. The largest absolute Gasteiger partial charge is 0.313 e. The molecule has 2 aromatic rings. The van der Waals surface area contributed by atoms with E-state index in [0.29, 0.717) is 16.0 Å². The van der Waals surface area contributed by atoms with Gasteiger partial charge in [0.15, 0.2) is 6.29 Å². The van der Waals surface area contributed by atoms with Crippen molar-refractivity contribution in [3.8, 4) is 0 Å². The van der Waals surface area contributed by atoms with E-state index in [0.717, 1.165) is 11.3 Å². The summed E-state index contributed by atoms with van der Waals surface area (Å²) in [6.07, 6.45) is 1.90. The van der Waals surface area contributed by atoms with Crippen molar-refractivity contribution in [2.75, 3.05) is 0 Å². The lowest BCUT2D eigenvalue weighted by Gasteiger charge is -1.85. The molecule has 6 heteroatoms. The number of carbonyl (C=O) groups excluding carboxylic acids is 1. The van der Waals surface area contributed by atoms with E-state index in [1.54, 1.807) is 0 Å². The highest BCUT2D eigenvalue weighted by Gasteiger charge is 2.12. The molecule has 0 saturated carbocycles. The van der Waals surface area contributed by atoms with Crippen molar-refractivity contribution in [1.82, 2.24) is 9.97 Å². The van der Waals surface area contributed by atoms with Crippen molar-refractivity contribution >= 4 is 39.4 Å². The Balaban J connectivity index is 3.01. The molecule has 0 atom stereocenters. The molecule has 0 aromatic carbocycles. The smallest absolute Gasteiger partial charge is 0.260 e. The second-order valence-corrected chi connectivity index (χ2v) is 3.72. The molecule has 0 aliphatic carbocycles. The molecule has 0 unspecified atom stereocenters. The molecular weight excluding hydrogens is 212 g/mol. The minimum atomic E-state index is -0.320. The molecule has 4 nitrogen and oxygen atoms in total. The second-order valence-electron chi connectivity index (χ2n) is 2.31. The summed E-state index contributed by atoms with van der Waals surface area (Å²) in [6, 6.07) is 0. The Kier molecular flexibility index (Phi) is 1.90. The summed E-state index contributed by atoms with van der Waals surface area (Å²) < 4.78 is 0. The number of fused-ring (bicyclic) bond motifs is 1. The summed E-state index contributed by atoms with van der Waals surface area (Å²) in [4.78, 5) is 28.8. The van der Waals surface area contributed by atoms with E-state index < -0.39 is 0 Å². The number of halogens is 1. The van der Waals surface area contributed by atoms with E-state index in [1.807, 2.05) is 0 Å². The maximum absolute atomic E-state index is 11.2. The van der Waals surface area contributed by atoms with E-state index in [4.69, 9.17) is 11.6 Å². The number of rotatable bonds is 1. The maximum Gasteiger partial charge on any atom is 0.260 e. The SMILES string of the molecule is O=Cc1sc2nc[nH]c(=O)c2c1Cl. The highest BCUT2D eigenvalue weighted by molar-refractivity contribution is 7.20. The fourth-order valence-corrected chi connectivity index (χ4v) is 2.24. The van der Waals surface area contributed by atoms with Gasteiger partial charge in [-0.15, -0.1) is 11.3 Å². The van der Waals surface area contributed by atoms with Gasteiger partial charge in [-0.3, -0.25) is 9.59 Å². The number of aromatic nitrogens is 2. The Morgan fingerprint density at radius 3 is 3.00 bits per heavy atom. The van der Waals surface area contributed by atoms with Crippen molar-refractivity contribution in [3.05, 3.63) is 26.6 Å². The van der Waals surface area contributed by atoms with Crippen LogP contribution in [0.1, 0.15) is 9.67 Å². The van der Waals surface area contributed by atoms with E-state index in [-0.39, 0.29) is 16.0 Å². The summed E-state index contributed by atoms with van der Waals surface area (Å²) in [5.41, 5.74) is -0.320. The number of thiophene rings is 1. The standard InChI is InChI=1S/C7H3ClN2O2S/c8-5-3(1-11)13-7-4(5)6(12)9-2-10-7/h1-2H,(H,9,10,12). The number of nitrogens with zero attached hydrogens (tertiary/aromatic N) is 1. The van der Waals surface area contributed by atoms with E-state index >= 15 is 0 Å². The first-order chi connectivity index (χ1) is 6.24. The summed E-state index contributed by atoms with van der Waals surface area (Å²) in [6.45, 7) is 0. The zero-order chi connectivity index (χ0) is 9.42. The van der Waals surface area contributed by atoms with Gasteiger partial charge in [0.25, 0.3) is 5.56 Å². The van der Waals surface area contributed by atoms with Crippen LogP contribution in [0, 0.1) is 0 Å². The highest BCUT2D eigenvalue weighted by Crippen LogP contribution is 2.29. The Morgan fingerprint density at radius 2 is 2.38 bits per heavy atom. The third-order valence-electron chi connectivity index (χ3n) is 1.57. The lowest BCUT2D eigenvalue weighted by Crippen LogP contribution is -2.04. The topological polar surface area (TPSA) is 62.8 Å². The number of nitrogens with one attached hydrogen (secondary N) is 1. The third-order valence-corrected chi connectivity index (χ3v) is 3.10. The molecule has 13 heavy (non-hydrogen) atoms. The van der Waals surface area contributed by atoms with Gasteiger partial charge in [0, 0.05) is 0 Å². The van der Waals surface area contributed by atoms with E-state index in [1.165, 1.54) is 6.33 Å². The predicted molar refractivity (Wildman–Crippen MR) is 50.6 cm³/mol. The van der Waals surface area contributed by atoms with Gasteiger partial charge in [-0.25, -0.2) is 4.98 Å². The first kappa shape index (κ1) is 8.40. The van der Waals surface area contributed by atoms with Gasteiger partial charge in [0.05, 0.1) is 21.6 Å². The predicted octanol–water partition coefficient (Wildman–Crippen LogP) is 1.45. The zero-order valence-corrected chi connectivity index (χ0v) is 7.78. The van der Waals surface area contributed by atoms with Gasteiger partial charge in [-0.2, -0.15) is 0 Å². The molecule has 0 bridgehead atoms. The second kappa shape index (κ2) is 2.93. The van der Waals surface area contributed by atoms with Crippen LogP contribution < -0.4 is 5.56 Å². The van der Waals surface area contributed by atoms with Crippen LogP contribution >= 0.6 is 22.9 Å². The van der Waals surface area contributed by atoms with Gasteiger partial charge < -0.3 is 4.98 Å². The Bertz CT molecular complexity index is 531. The highest BCUT2D eigenvalue weighted by atomic mass is 35.5. The van der Waals surface area contributed by atoms with Crippen LogP contribution in [0.15, 0.2) is 11.1 Å². The summed E-state index contributed by atoms with van der Waals surface area (Å²) in [5.74, 6) is 0. The van der Waals surface area contributed by atoms with Crippen LogP contribution in [0.4, 0.5) is 0 Å². The molecule has 2 aromatic heterocycles. The summed E-state index contributed by atoms with van der Waals surface area (Å²) in [7, 11) is 0. The molecule has 2 heterocycles. The van der Waals surface area contributed by atoms with Crippen LogP contribution in [0.25, 0.3) is 10.2 Å². The third kappa shape index (κ3) is 1.16. The fourth-order valence-electron chi connectivity index (χ4n) is 1.00. The quantitative estimate of drug-likeness (QED) is 0.731. The molecule has 0 fully saturated rings. The molecule has 0 amide bonds. The lowest BCUT2D eigenvalue weighted by molar-refractivity contribution is 0.112. The van der Waals surface area contributed by atoms with Crippen LogP contribution in [0.5, 0.6) is 0 Å². The van der Waals surface area contributed by atoms with Crippen LogP contribution in [0.2, 0.25) is 5.02 Å². The fraction of sp³-hybridized carbons (Fsp3) is 0. The first-order valence-electron chi connectivity index (χ1n) is 3.35. The number of carbonyl (C=O) groups is 1. The van der Waals surface area contributed by atoms with E-state index in [2.05, 4.69) is 9.97 Å². The van der Waals surface area contributed by atoms with Crippen molar-refractivity contribution in [3.63, 3.8) is 0 Å². The Labute approximate surface area is 81.2 Å². The lowest BCUT2D eigenvalue weighted by atomic mass is 10.4. The maximum atomic E-state index is 11.2. The average Bonchev–Trinajstić information content (AvgIpc) is 2.44. The summed E-state index contributed by atoms with van der Waals surface area (Å²) in [5, 5.41) is 0.473. The number of H-pyrrole nitrogens is 1. The van der Waals surface area contributed by atoms with Gasteiger partial charge in [0.1, 0.15) is 4.83 Å². The molecule has 0 aliphatic heterocycles. The number of hydrogen-bond donors (Lipinski definition) is 1. The van der Waals surface area contributed by atoms with Gasteiger partial charge >= 0.3 is 0 Å². The number of aromatic amines is 1. The van der Waals surface area contributed by atoms with Crippen molar-refractivity contribution in [1.29, 1.82) is 0 Å². The van der Waals surface area contributed by atoms with Crippen molar-refractivity contribution < 1.29 is 4.79 Å². The molecular formula is C7H3ClN2O2S. The molecule has 0 saturated heterocycles. The Hall–Kier alpha value is -1.20. The molecule has 1 N–H and O–H groups in total. The van der Waals surface area contributed by atoms with Gasteiger partial charge in [-0.1, -0.05) is 11.6 Å². The number of hydrogen-bond acceptors (Lipinski definition) is 4. The zero-order valence-electron chi connectivity index (χ0n) is 6.20. The van der Waals surface area contributed by atoms with Crippen molar-refractivity contribution in [2.45, 2.75) is 0 Å². The monoisotopic (exact) mass is 214 g/mol. The van der Waals surface area contributed by atoms with Gasteiger partial charge in [-0.05, 0) is 0 Å². The Morgan fingerprint density at radius 1 is 1.62 bits per heavy atom. The van der Waals surface area contributed by atoms with Crippen LogP contribution in [-0.4, -0.2) is 16.3 Å². The van der Waals surface area contributed by atoms with E-state index in [9.17, 15) is 9.59 Å². The van der Waals surface area contributed by atoms with Crippen LogP contribution in [0.3, 0.4) is 0 Å². The minimum Gasteiger partial charge on any atom is -0.313 e. The molecule has 0 spiro atoms. The molecule has 2 rings (SSSR count). The number of aldehydes is 1. The molecule has 0 radical (unpaired) electrons. The average molecular weight is 215 g/mol.